The van der Waals surface area contributed by atoms with Crippen LogP contribution >= 0.6 is 11.3 Å². The molecule has 3 heterocycles. The van der Waals surface area contributed by atoms with E-state index in [-0.39, 0.29) is 22.7 Å². The molecule has 0 saturated heterocycles. The number of aromatic nitrogens is 3. The summed E-state index contributed by atoms with van der Waals surface area (Å²) in [5.74, 6) is -0.352. The van der Waals surface area contributed by atoms with Gasteiger partial charge in [0.1, 0.15) is 23.5 Å². The number of nitrogens with one attached hydrogen (secondary N) is 1. The van der Waals surface area contributed by atoms with Crippen LogP contribution in [0, 0.1) is 5.82 Å². The zero-order valence-electron chi connectivity index (χ0n) is 14.3. The van der Waals surface area contributed by atoms with Crippen LogP contribution in [0.25, 0.3) is 21.5 Å². The van der Waals surface area contributed by atoms with E-state index in [1.807, 2.05) is 0 Å². The highest BCUT2D eigenvalue weighted by Crippen LogP contribution is 2.40. The first kappa shape index (κ1) is 16.3. The quantitative estimate of drug-likeness (QED) is 0.562. The number of benzene rings is 1. The molecule has 6 nitrogen and oxygen atoms in total. The van der Waals surface area contributed by atoms with Gasteiger partial charge in [0.15, 0.2) is 0 Å². The lowest BCUT2D eigenvalue weighted by atomic mass is 9.97. The molecule has 5 rings (SSSR count). The lowest BCUT2D eigenvalue weighted by molar-refractivity contribution is 0.410. The number of fused-ring (bicyclic) bond motifs is 2. The molecule has 0 saturated carbocycles. The first-order valence-corrected chi connectivity index (χ1v) is 9.58. The maximum absolute atomic E-state index is 14.8. The average molecular weight is 385 g/mol. The summed E-state index contributed by atoms with van der Waals surface area (Å²) in [4.78, 5) is 15.4. The summed E-state index contributed by atoms with van der Waals surface area (Å²) in [5.41, 5.74) is 3.71. The Kier molecular flexibility index (Phi) is 3.68. The second-order valence-electron chi connectivity index (χ2n) is 6.76. The second kappa shape index (κ2) is 6.09. The molecular weight excluding hydrogens is 369 g/mol. The van der Waals surface area contributed by atoms with Gasteiger partial charge in [0, 0.05) is 22.9 Å². The van der Waals surface area contributed by atoms with Gasteiger partial charge in [-0.15, -0.1) is 0 Å². The number of thiazole rings is 1. The summed E-state index contributed by atoms with van der Waals surface area (Å²) in [6.07, 6.45) is 5.15. The van der Waals surface area contributed by atoms with Crippen molar-refractivity contribution in [3.8, 4) is 17.0 Å². The van der Waals surface area contributed by atoms with Gasteiger partial charge in [-0.25, -0.2) is 4.39 Å². The van der Waals surface area contributed by atoms with Crippen LogP contribution in [0.2, 0.25) is 0 Å². The minimum absolute atomic E-state index is 0.114. The Hall–Kier alpha value is -2.87. The molecule has 138 valence electrons. The van der Waals surface area contributed by atoms with Crippen LogP contribution in [0.1, 0.15) is 29.8 Å². The second-order valence-corrected chi connectivity index (χ2v) is 7.75. The van der Waals surface area contributed by atoms with Crippen molar-refractivity contribution >= 4 is 21.6 Å². The van der Waals surface area contributed by atoms with E-state index in [4.69, 9.17) is 4.52 Å². The maximum Gasteiger partial charge on any atom is 0.308 e. The van der Waals surface area contributed by atoms with Crippen LogP contribution in [0.3, 0.4) is 0 Å². The largest absolute Gasteiger partial charge is 0.505 e. The fourth-order valence-corrected chi connectivity index (χ4v) is 4.66. The number of H-pyrrole nitrogens is 1. The van der Waals surface area contributed by atoms with Crippen molar-refractivity contribution in [2.75, 3.05) is 0 Å². The van der Waals surface area contributed by atoms with Crippen molar-refractivity contribution in [3.63, 3.8) is 0 Å². The van der Waals surface area contributed by atoms with Gasteiger partial charge in [0.25, 0.3) is 0 Å². The van der Waals surface area contributed by atoms with E-state index in [0.717, 1.165) is 48.3 Å². The zero-order valence-corrected chi connectivity index (χ0v) is 15.1. The number of hydrogen-bond acceptors (Lipinski definition) is 5. The van der Waals surface area contributed by atoms with E-state index in [1.54, 1.807) is 16.7 Å². The molecule has 0 bridgehead atoms. The number of nitrogens with zero attached hydrogens (tertiary/aromatic N) is 2. The molecule has 0 atom stereocenters. The Morgan fingerprint density at radius 1 is 1.33 bits per heavy atom. The van der Waals surface area contributed by atoms with Crippen molar-refractivity contribution in [2.24, 2.45) is 0 Å². The maximum atomic E-state index is 14.8. The average Bonchev–Trinajstić information content (AvgIpc) is 3.35. The number of aromatic hydroxyl groups is 1. The standard InChI is InChI=1S/C19H16FN3O3S/c20-13-8-16-15(23(19(25)27-16)9-10-5-6-26-22-10)7-12(13)17-18(24)11-3-1-2-4-14(11)21-17/h5-8,21,24H,1-4,9H2. The highest BCUT2D eigenvalue weighted by molar-refractivity contribution is 7.16. The molecule has 0 amide bonds. The molecule has 27 heavy (non-hydrogen) atoms. The third-order valence-electron chi connectivity index (χ3n) is 5.10. The molecule has 1 aromatic carbocycles. The van der Waals surface area contributed by atoms with Gasteiger partial charge in [0.2, 0.25) is 0 Å². The van der Waals surface area contributed by atoms with E-state index in [9.17, 15) is 14.3 Å². The summed E-state index contributed by atoms with van der Waals surface area (Å²) in [5, 5.41) is 14.5. The van der Waals surface area contributed by atoms with Gasteiger partial charge in [0.05, 0.1) is 22.5 Å². The zero-order chi connectivity index (χ0) is 18.5. The van der Waals surface area contributed by atoms with Gasteiger partial charge in [-0.3, -0.25) is 9.36 Å². The Balaban J connectivity index is 1.68. The number of rotatable bonds is 3. The van der Waals surface area contributed by atoms with E-state index in [0.29, 0.717) is 21.6 Å². The van der Waals surface area contributed by atoms with E-state index in [1.165, 1.54) is 12.3 Å². The molecule has 0 radical (unpaired) electrons. The number of aromatic amines is 1. The van der Waals surface area contributed by atoms with Crippen LogP contribution < -0.4 is 4.87 Å². The van der Waals surface area contributed by atoms with Crippen LogP contribution in [-0.4, -0.2) is 19.8 Å². The first-order chi connectivity index (χ1) is 13.1. The molecule has 0 spiro atoms. The van der Waals surface area contributed by atoms with Crippen molar-refractivity contribution in [1.82, 2.24) is 14.7 Å². The molecule has 0 unspecified atom stereocenters. The lowest BCUT2D eigenvalue weighted by Gasteiger charge is -2.09. The Labute approximate surface area is 156 Å². The summed E-state index contributed by atoms with van der Waals surface area (Å²) < 4.78 is 21.7. The minimum atomic E-state index is -0.466. The highest BCUT2D eigenvalue weighted by atomic mass is 32.1. The Morgan fingerprint density at radius 2 is 2.19 bits per heavy atom. The monoisotopic (exact) mass is 385 g/mol. The lowest BCUT2D eigenvalue weighted by Crippen LogP contribution is -2.13. The molecule has 8 heteroatoms. The minimum Gasteiger partial charge on any atom is -0.505 e. The van der Waals surface area contributed by atoms with Gasteiger partial charge in [-0.05, 0) is 37.8 Å². The highest BCUT2D eigenvalue weighted by Gasteiger charge is 2.23. The van der Waals surface area contributed by atoms with Gasteiger partial charge < -0.3 is 14.6 Å². The van der Waals surface area contributed by atoms with E-state index in [2.05, 4.69) is 10.1 Å². The normalized spacial score (nSPS) is 14.0. The molecule has 1 aliphatic carbocycles. The summed E-state index contributed by atoms with van der Waals surface area (Å²) >= 11 is 0.987. The Bertz CT molecular complexity index is 1200. The van der Waals surface area contributed by atoms with Crippen molar-refractivity contribution in [1.29, 1.82) is 0 Å². The summed E-state index contributed by atoms with van der Waals surface area (Å²) in [6, 6.07) is 4.67. The summed E-state index contributed by atoms with van der Waals surface area (Å²) in [6.45, 7) is 0.244. The third-order valence-corrected chi connectivity index (χ3v) is 6.05. The smallest absolute Gasteiger partial charge is 0.308 e. The van der Waals surface area contributed by atoms with E-state index < -0.39 is 5.82 Å². The topological polar surface area (TPSA) is 84.0 Å². The first-order valence-electron chi connectivity index (χ1n) is 8.77. The van der Waals surface area contributed by atoms with Crippen molar-refractivity contribution in [2.45, 2.75) is 32.2 Å². The van der Waals surface area contributed by atoms with Crippen LogP contribution in [0.4, 0.5) is 4.39 Å². The molecule has 1 aliphatic rings. The molecule has 3 aromatic heterocycles. The predicted molar refractivity (Wildman–Crippen MR) is 99.7 cm³/mol. The molecule has 4 aromatic rings. The van der Waals surface area contributed by atoms with E-state index >= 15 is 0 Å². The third kappa shape index (κ3) is 2.59. The van der Waals surface area contributed by atoms with Gasteiger partial charge in [-0.1, -0.05) is 16.5 Å². The molecular formula is C19H16FN3O3S. The predicted octanol–water partition coefficient (Wildman–Crippen LogP) is 3.82. The fourth-order valence-electron chi connectivity index (χ4n) is 3.77. The number of aryl methyl sites for hydroxylation is 1. The van der Waals surface area contributed by atoms with Gasteiger partial charge >= 0.3 is 4.87 Å². The molecule has 0 fully saturated rings. The molecule has 0 aliphatic heterocycles. The Morgan fingerprint density at radius 3 is 2.96 bits per heavy atom. The fraction of sp³-hybridized carbons (Fsp3) is 0.263. The van der Waals surface area contributed by atoms with Crippen LogP contribution in [0.5, 0.6) is 5.75 Å². The SMILES string of the molecule is O=c1sc2cc(F)c(-c3[nH]c4c(c3O)CCCC4)cc2n1Cc1ccon1. The number of halogens is 1. The number of hydrogen-bond donors (Lipinski definition) is 2. The van der Waals surface area contributed by atoms with Crippen LogP contribution in [-0.2, 0) is 19.4 Å². The van der Waals surface area contributed by atoms with Crippen molar-refractivity contribution in [3.05, 3.63) is 56.9 Å². The molecule has 2 N–H and O–H groups in total. The van der Waals surface area contributed by atoms with Crippen molar-refractivity contribution < 1.29 is 14.0 Å². The van der Waals surface area contributed by atoms with Crippen LogP contribution in [0.15, 0.2) is 33.8 Å². The van der Waals surface area contributed by atoms with Gasteiger partial charge in [-0.2, -0.15) is 0 Å². The summed E-state index contributed by atoms with van der Waals surface area (Å²) in [7, 11) is 0.